The van der Waals surface area contributed by atoms with Crippen LogP contribution >= 0.6 is 0 Å². The standard InChI is InChI=1S/C15H23N3O3/c1-11-13(12(2)21-16-11)10-17-5-7-18(8-6-17)15(19)14-4-3-9-20-14/h14H,3-10H2,1-2H3. The summed E-state index contributed by atoms with van der Waals surface area (Å²) in [5.74, 6) is 1.06. The molecule has 6 nitrogen and oxygen atoms in total. The second-order valence-electron chi connectivity index (χ2n) is 5.91. The van der Waals surface area contributed by atoms with Crippen molar-refractivity contribution in [2.45, 2.75) is 39.3 Å². The molecule has 0 N–H and O–H groups in total. The predicted molar refractivity (Wildman–Crippen MR) is 76.8 cm³/mol. The van der Waals surface area contributed by atoms with Crippen LogP contribution in [0.3, 0.4) is 0 Å². The van der Waals surface area contributed by atoms with Crippen molar-refractivity contribution >= 4 is 5.91 Å². The van der Waals surface area contributed by atoms with Gasteiger partial charge in [0.05, 0.1) is 5.69 Å². The number of piperazine rings is 1. The van der Waals surface area contributed by atoms with E-state index < -0.39 is 0 Å². The maximum atomic E-state index is 12.3. The molecule has 6 heteroatoms. The predicted octanol–water partition coefficient (Wildman–Crippen LogP) is 1.11. The van der Waals surface area contributed by atoms with Gasteiger partial charge >= 0.3 is 0 Å². The van der Waals surface area contributed by atoms with Crippen molar-refractivity contribution < 1.29 is 14.1 Å². The summed E-state index contributed by atoms with van der Waals surface area (Å²) in [6.45, 7) is 8.84. The third kappa shape index (κ3) is 3.11. The topological polar surface area (TPSA) is 58.8 Å². The molecule has 0 bridgehead atoms. The van der Waals surface area contributed by atoms with Crippen LogP contribution in [0.15, 0.2) is 4.52 Å². The van der Waals surface area contributed by atoms with Gasteiger partial charge in [0.2, 0.25) is 0 Å². The van der Waals surface area contributed by atoms with E-state index in [1.807, 2.05) is 18.7 Å². The Morgan fingerprint density at radius 3 is 2.62 bits per heavy atom. The summed E-state index contributed by atoms with van der Waals surface area (Å²) in [6.07, 6.45) is 1.68. The first-order valence-electron chi connectivity index (χ1n) is 7.69. The van der Waals surface area contributed by atoms with Crippen molar-refractivity contribution in [2.24, 2.45) is 0 Å². The maximum absolute atomic E-state index is 12.3. The summed E-state index contributed by atoms with van der Waals surface area (Å²) in [4.78, 5) is 16.6. The molecule has 3 rings (SSSR count). The van der Waals surface area contributed by atoms with Gasteiger partial charge in [-0.1, -0.05) is 5.16 Å². The van der Waals surface area contributed by atoms with E-state index in [0.29, 0.717) is 0 Å². The highest BCUT2D eigenvalue weighted by atomic mass is 16.5. The van der Waals surface area contributed by atoms with Crippen LogP contribution in [0.5, 0.6) is 0 Å². The molecule has 2 aliphatic heterocycles. The largest absolute Gasteiger partial charge is 0.368 e. The number of hydrogen-bond acceptors (Lipinski definition) is 5. The maximum Gasteiger partial charge on any atom is 0.251 e. The normalized spacial score (nSPS) is 23.7. The van der Waals surface area contributed by atoms with Crippen LogP contribution in [0.2, 0.25) is 0 Å². The van der Waals surface area contributed by atoms with Gasteiger partial charge in [-0.25, -0.2) is 0 Å². The van der Waals surface area contributed by atoms with Gasteiger partial charge in [0.1, 0.15) is 11.9 Å². The van der Waals surface area contributed by atoms with Crippen LogP contribution < -0.4 is 0 Å². The highest BCUT2D eigenvalue weighted by Crippen LogP contribution is 2.18. The third-order valence-corrected chi connectivity index (χ3v) is 4.45. The summed E-state index contributed by atoms with van der Waals surface area (Å²) in [7, 11) is 0. The van der Waals surface area contributed by atoms with Gasteiger partial charge in [-0.15, -0.1) is 0 Å². The minimum Gasteiger partial charge on any atom is -0.368 e. The molecule has 0 saturated carbocycles. The van der Waals surface area contributed by atoms with Gasteiger partial charge < -0.3 is 14.2 Å². The number of rotatable bonds is 3. The molecule has 0 radical (unpaired) electrons. The van der Waals surface area contributed by atoms with Crippen molar-refractivity contribution in [2.75, 3.05) is 32.8 Å². The number of aromatic nitrogens is 1. The van der Waals surface area contributed by atoms with E-state index in [9.17, 15) is 4.79 Å². The van der Waals surface area contributed by atoms with Crippen molar-refractivity contribution in [1.82, 2.24) is 15.0 Å². The molecular weight excluding hydrogens is 270 g/mol. The molecule has 0 aliphatic carbocycles. The van der Waals surface area contributed by atoms with Gasteiger partial charge in [0.25, 0.3) is 5.91 Å². The van der Waals surface area contributed by atoms with Crippen molar-refractivity contribution in [1.29, 1.82) is 0 Å². The summed E-state index contributed by atoms with van der Waals surface area (Å²) in [6, 6.07) is 0. The minimum atomic E-state index is -0.195. The summed E-state index contributed by atoms with van der Waals surface area (Å²) in [5.41, 5.74) is 2.14. The van der Waals surface area contributed by atoms with E-state index in [0.717, 1.165) is 63.6 Å². The minimum absolute atomic E-state index is 0.171. The molecule has 1 unspecified atom stereocenters. The average Bonchev–Trinajstić information content (AvgIpc) is 3.13. The van der Waals surface area contributed by atoms with Crippen molar-refractivity contribution in [3.8, 4) is 0 Å². The Hall–Kier alpha value is -1.40. The first-order valence-corrected chi connectivity index (χ1v) is 7.69. The van der Waals surface area contributed by atoms with Crippen molar-refractivity contribution in [3.05, 3.63) is 17.0 Å². The molecule has 3 heterocycles. The van der Waals surface area contributed by atoms with E-state index in [1.165, 1.54) is 5.56 Å². The van der Waals surface area contributed by atoms with Crippen LogP contribution in [0.4, 0.5) is 0 Å². The lowest BCUT2D eigenvalue weighted by molar-refractivity contribution is -0.142. The smallest absolute Gasteiger partial charge is 0.251 e. The number of hydrogen-bond donors (Lipinski definition) is 0. The number of ether oxygens (including phenoxy) is 1. The number of carbonyl (C=O) groups excluding carboxylic acids is 1. The molecule has 0 spiro atoms. The lowest BCUT2D eigenvalue weighted by Crippen LogP contribution is -2.51. The zero-order valence-electron chi connectivity index (χ0n) is 12.8. The first kappa shape index (κ1) is 14.5. The van der Waals surface area contributed by atoms with Gasteiger partial charge in [0, 0.05) is 44.9 Å². The third-order valence-electron chi connectivity index (χ3n) is 4.45. The zero-order valence-corrected chi connectivity index (χ0v) is 12.8. The number of nitrogens with zero attached hydrogens (tertiary/aromatic N) is 3. The number of carbonyl (C=O) groups is 1. The van der Waals surface area contributed by atoms with Crippen LogP contribution in [0.1, 0.15) is 29.9 Å². The van der Waals surface area contributed by atoms with Gasteiger partial charge in [-0.05, 0) is 26.7 Å². The quantitative estimate of drug-likeness (QED) is 0.835. The number of aryl methyl sites for hydroxylation is 2. The Bertz CT molecular complexity index is 481. The Balaban J connectivity index is 1.52. The van der Waals surface area contributed by atoms with Crippen LogP contribution in [0, 0.1) is 13.8 Å². The summed E-state index contributed by atoms with van der Waals surface area (Å²) >= 11 is 0. The number of amides is 1. The molecule has 1 atom stereocenters. The molecule has 1 amide bonds. The second kappa shape index (κ2) is 6.15. The fraction of sp³-hybridized carbons (Fsp3) is 0.733. The SMILES string of the molecule is Cc1noc(C)c1CN1CCN(C(=O)C2CCCO2)CC1. The molecule has 21 heavy (non-hydrogen) atoms. The Labute approximate surface area is 125 Å². The molecule has 2 fully saturated rings. The molecular formula is C15H23N3O3. The molecule has 2 saturated heterocycles. The summed E-state index contributed by atoms with van der Waals surface area (Å²) < 4.78 is 10.7. The van der Waals surface area contributed by atoms with Gasteiger partial charge in [-0.3, -0.25) is 9.69 Å². The first-order chi connectivity index (χ1) is 10.1. The zero-order chi connectivity index (χ0) is 14.8. The second-order valence-corrected chi connectivity index (χ2v) is 5.91. The monoisotopic (exact) mass is 293 g/mol. The molecule has 1 aromatic rings. The molecule has 116 valence electrons. The Morgan fingerprint density at radius 2 is 2.05 bits per heavy atom. The van der Waals surface area contributed by atoms with Gasteiger partial charge in [0.15, 0.2) is 0 Å². The van der Waals surface area contributed by atoms with E-state index in [2.05, 4.69) is 10.1 Å². The Morgan fingerprint density at radius 1 is 1.29 bits per heavy atom. The van der Waals surface area contributed by atoms with E-state index >= 15 is 0 Å². The Kier molecular flexibility index (Phi) is 4.26. The van der Waals surface area contributed by atoms with Crippen molar-refractivity contribution in [3.63, 3.8) is 0 Å². The van der Waals surface area contributed by atoms with E-state index in [1.54, 1.807) is 0 Å². The molecule has 1 aromatic heterocycles. The van der Waals surface area contributed by atoms with Crippen LogP contribution in [-0.2, 0) is 16.1 Å². The molecule has 0 aromatic carbocycles. The van der Waals surface area contributed by atoms with Gasteiger partial charge in [-0.2, -0.15) is 0 Å². The fourth-order valence-corrected chi connectivity index (χ4v) is 3.05. The lowest BCUT2D eigenvalue weighted by Gasteiger charge is -2.35. The molecule has 2 aliphatic rings. The summed E-state index contributed by atoms with van der Waals surface area (Å²) in [5, 5.41) is 3.99. The highest BCUT2D eigenvalue weighted by molar-refractivity contribution is 5.81. The fourth-order valence-electron chi connectivity index (χ4n) is 3.05. The average molecular weight is 293 g/mol. The lowest BCUT2D eigenvalue weighted by atomic mass is 10.1. The van der Waals surface area contributed by atoms with Crippen LogP contribution in [0.25, 0.3) is 0 Å². The highest BCUT2D eigenvalue weighted by Gasteiger charge is 2.30. The van der Waals surface area contributed by atoms with E-state index in [4.69, 9.17) is 9.26 Å². The van der Waals surface area contributed by atoms with Crippen LogP contribution in [-0.4, -0.2) is 59.8 Å². The van der Waals surface area contributed by atoms with E-state index in [-0.39, 0.29) is 12.0 Å².